The molecule has 2 aromatic rings. The van der Waals surface area contributed by atoms with Crippen LogP contribution in [0.25, 0.3) is 10.9 Å². The van der Waals surface area contributed by atoms with Crippen molar-refractivity contribution in [3.63, 3.8) is 0 Å². The third-order valence-electron chi connectivity index (χ3n) is 4.24. The number of hydrogen-bond acceptors (Lipinski definition) is 2. The van der Waals surface area contributed by atoms with Gasteiger partial charge in [0.1, 0.15) is 0 Å². The second-order valence-corrected chi connectivity index (χ2v) is 6.56. The van der Waals surface area contributed by atoms with Crippen LogP contribution in [0.5, 0.6) is 0 Å². The van der Waals surface area contributed by atoms with Crippen LogP contribution in [0.15, 0.2) is 29.3 Å². The quantitative estimate of drug-likeness (QED) is 0.485. The van der Waals surface area contributed by atoms with Crippen LogP contribution in [0, 0.1) is 6.92 Å². The van der Waals surface area contributed by atoms with E-state index in [1.165, 1.54) is 22.9 Å². The minimum Gasteiger partial charge on any atom is -0.358 e. The molecule has 0 aliphatic carbocycles. The van der Waals surface area contributed by atoms with Crippen LogP contribution in [0.1, 0.15) is 18.2 Å². The zero-order valence-electron chi connectivity index (χ0n) is 16.1. The highest BCUT2D eigenvalue weighted by molar-refractivity contribution is 5.84. The Hall–Kier alpha value is -2.22. The van der Waals surface area contributed by atoms with Crippen LogP contribution >= 0.6 is 0 Å². The van der Waals surface area contributed by atoms with Crippen LogP contribution in [0.2, 0.25) is 0 Å². The lowest BCUT2D eigenvalue weighted by atomic mass is 10.1. The number of hydrogen-bond donors (Lipinski definition) is 3. The van der Waals surface area contributed by atoms with E-state index in [1.54, 1.807) is 0 Å². The highest BCUT2D eigenvalue weighted by Gasteiger charge is 2.28. The van der Waals surface area contributed by atoms with Gasteiger partial charge in [-0.1, -0.05) is 18.2 Å². The lowest BCUT2D eigenvalue weighted by Gasteiger charge is -2.18. The molecule has 0 saturated heterocycles. The maximum absolute atomic E-state index is 12.4. The van der Waals surface area contributed by atoms with E-state index >= 15 is 0 Å². The molecule has 1 aromatic heterocycles. The Balaban J connectivity index is 1.87. The number of fused-ring (bicyclic) bond motifs is 1. The average molecular weight is 383 g/mol. The van der Waals surface area contributed by atoms with Gasteiger partial charge in [-0.05, 0) is 38.9 Å². The predicted octanol–water partition coefficient (Wildman–Crippen LogP) is 3.07. The van der Waals surface area contributed by atoms with Gasteiger partial charge in [-0.3, -0.25) is 9.89 Å². The molecule has 1 aromatic carbocycles. The number of benzene rings is 1. The number of aromatic nitrogens is 1. The van der Waals surface area contributed by atoms with E-state index in [0.717, 1.165) is 17.6 Å². The van der Waals surface area contributed by atoms with Crippen LogP contribution in [-0.2, 0) is 6.42 Å². The minimum atomic E-state index is -4.18. The summed E-state index contributed by atoms with van der Waals surface area (Å²) in [6, 6.07) is 8.19. The van der Waals surface area contributed by atoms with Crippen LogP contribution < -0.4 is 10.6 Å². The Labute approximate surface area is 158 Å². The van der Waals surface area contributed by atoms with Crippen molar-refractivity contribution >= 4 is 16.9 Å². The average Bonchev–Trinajstić information content (AvgIpc) is 2.89. The fourth-order valence-corrected chi connectivity index (χ4v) is 3.02. The van der Waals surface area contributed by atoms with Crippen LogP contribution in [0.3, 0.4) is 0 Å². The standard InChI is InChI=1S/C19H28F3N5/c1-4-23-18(25-11-12-27(3)13-19(20,21)22)24-10-9-15-14(2)26-17-8-6-5-7-16(15)17/h5-8,26H,4,9-13H2,1-3H3,(H2,23,24,25). The van der Waals surface area contributed by atoms with Crippen molar-refractivity contribution in [2.45, 2.75) is 26.4 Å². The Morgan fingerprint density at radius 2 is 1.96 bits per heavy atom. The first-order chi connectivity index (χ1) is 12.8. The molecule has 27 heavy (non-hydrogen) atoms. The first kappa shape index (κ1) is 21.1. The Bertz CT molecular complexity index is 751. The van der Waals surface area contributed by atoms with Crippen molar-refractivity contribution in [3.05, 3.63) is 35.5 Å². The summed E-state index contributed by atoms with van der Waals surface area (Å²) in [6.07, 6.45) is -3.35. The molecule has 150 valence electrons. The number of alkyl halides is 3. The van der Waals surface area contributed by atoms with Gasteiger partial charge in [-0.15, -0.1) is 0 Å². The first-order valence-electron chi connectivity index (χ1n) is 9.14. The highest BCUT2D eigenvalue weighted by atomic mass is 19.4. The molecule has 0 aliphatic rings. The molecule has 3 N–H and O–H groups in total. The molecular weight excluding hydrogens is 355 g/mol. The number of para-hydroxylation sites is 1. The van der Waals surface area contributed by atoms with Crippen LogP contribution in [0.4, 0.5) is 13.2 Å². The Morgan fingerprint density at radius 3 is 2.67 bits per heavy atom. The van der Waals surface area contributed by atoms with Gasteiger partial charge < -0.3 is 15.6 Å². The number of rotatable bonds is 8. The fourth-order valence-electron chi connectivity index (χ4n) is 3.02. The summed E-state index contributed by atoms with van der Waals surface area (Å²) in [7, 11) is 1.45. The van der Waals surface area contributed by atoms with E-state index < -0.39 is 12.7 Å². The van der Waals surface area contributed by atoms with Gasteiger partial charge in [0.2, 0.25) is 0 Å². The predicted molar refractivity (Wildman–Crippen MR) is 104 cm³/mol. The molecule has 0 unspecified atom stereocenters. The number of nitrogens with zero attached hydrogens (tertiary/aromatic N) is 2. The maximum Gasteiger partial charge on any atom is 0.401 e. The van der Waals surface area contributed by atoms with E-state index in [-0.39, 0.29) is 6.54 Å². The topological polar surface area (TPSA) is 55.5 Å². The molecule has 0 fully saturated rings. The van der Waals surface area contributed by atoms with Crippen LogP contribution in [-0.4, -0.2) is 61.8 Å². The van der Waals surface area contributed by atoms with E-state index in [0.29, 0.717) is 25.6 Å². The van der Waals surface area contributed by atoms with E-state index in [2.05, 4.69) is 39.7 Å². The van der Waals surface area contributed by atoms with Crippen molar-refractivity contribution < 1.29 is 13.2 Å². The molecule has 0 spiro atoms. The normalized spacial score (nSPS) is 12.8. The van der Waals surface area contributed by atoms with Gasteiger partial charge in [0, 0.05) is 36.2 Å². The molecule has 0 amide bonds. The molecule has 2 rings (SSSR count). The van der Waals surface area contributed by atoms with Gasteiger partial charge in [-0.25, -0.2) is 0 Å². The fraction of sp³-hybridized carbons (Fsp3) is 0.526. The lowest BCUT2D eigenvalue weighted by Crippen LogP contribution is -2.39. The SMILES string of the molecule is CCNC(=NCCN(C)CC(F)(F)F)NCCc1c(C)[nH]c2ccccc12. The number of halogens is 3. The molecule has 5 nitrogen and oxygen atoms in total. The number of guanidine groups is 1. The molecule has 0 radical (unpaired) electrons. The maximum atomic E-state index is 12.4. The summed E-state index contributed by atoms with van der Waals surface area (Å²) in [5.41, 5.74) is 3.53. The molecule has 0 aliphatic heterocycles. The molecule has 0 atom stereocenters. The molecule has 0 saturated carbocycles. The number of likely N-dealkylation sites (N-methyl/N-ethyl adjacent to an activating group) is 1. The van der Waals surface area contributed by atoms with Crippen molar-refractivity contribution in [1.82, 2.24) is 20.5 Å². The van der Waals surface area contributed by atoms with Gasteiger partial charge in [0.15, 0.2) is 5.96 Å². The summed E-state index contributed by atoms with van der Waals surface area (Å²) in [5, 5.41) is 7.60. The molecule has 0 bridgehead atoms. The second kappa shape index (κ2) is 9.64. The summed E-state index contributed by atoms with van der Waals surface area (Å²) in [6.45, 7) is 5.02. The van der Waals surface area contributed by atoms with Gasteiger partial charge in [0.25, 0.3) is 0 Å². The van der Waals surface area contributed by atoms with Crippen molar-refractivity contribution in [3.8, 4) is 0 Å². The zero-order valence-corrected chi connectivity index (χ0v) is 16.1. The lowest BCUT2D eigenvalue weighted by molar-refractivity contribution is -0.142. The smallest absolute Gasteiger partial charge is 0.358 e. The minimum absolute atomic E-state index is 0.248. The Morgan fingerprint density at radius 1 is 1.22 bits per heavy atom. The van der Waals surface area contributed by atoms with E-state index in [1.807, 2.05) is 19.1 Å². The summed E-state index contributed by atoms with van der Waals surface area (Å²) < 4.78 is 37.1. The van der Waals surface area contributed by atoms with Crippen molar-refractivity contribution in [2.75, 3.05) is 39.8 Å². The van der Waals surface area contributed by atoms with Gasteiger partial charge >= 0.3 is 6.18 Å². The Kier molecular flexibility index (Phi) is 7.53. The van der Waals surface area contributed by atoms with Gasteiger partial charge in [0.05, 0.1) is 13.1 Å². The van der Waals surface area contributed by atoms with E-state index in [4.69, 9.17) is 0 Å². The molecular formula is C19H28F3N5. The monoisotopic (exact) mass is 383 g/mol. The second-order valence-electron chi connectivity index (χ2n) is 6.56. The number of H-pyrrole nitrogens is 1. The largest absolute Gasteiger partial charge is 0.401 e. The number of aryl methyl sites for hydroxylation is 1. The zero-order chi connectivity index (χ0) is 19.9. The van der Waals surface area contributed by atoms with E-state index in [9.17, 15) is 13.2 Å². The summed E-state index contributed by atoms with van der Waals surface area (Å²) in [5.74, 6) is 0.621. The number of aromatic amines is 1. The molecule has 8 heteroatoms. The summed E-state index contributed by atoms with van der Waals surface area (Å²) in [4.78, 5) is 8.97. The number of nitrogens with one attached hydrogen (secondary N) is 3. The summed E-state index contributed by atoms with van der Waals surface area (Å²) >= 11 is 0. The first-order valence-corrected chi connectivity index (χ1v) is 9.14. The third kappa shape index (κ3) is 6.78. The molecule has 1 heterocycles. The highest BCUT2D eigenvalue weighted by Crippen LogP contribution is 2.21. The number of aliphatic imine (C=N–C) groups is 1. The van der Waals surface area contributed by atoms with Crippen molar-refractivity contribution in [1.29, 1.82) is 0 Å². The van der Waals surface area contributed by atoms with Gasteiger partial charge in [-0.2, -0.15) is 13.2 Å². The van der Waals surface area contributed by atoms with Crippen molar-refractivity contribution in [2.24, 2.45) is 4.99 Å². The third-order valence-corrected chi connectivity index (χ3v) is 4.24.